The number of nitrogens with zero attached hydrogens (tertiary/aromatic N) is 1. The van der Waals surface area contributed by atoms with Crippen LogP contribution in [0.25, 0.3) is 10.9 Å². The highest BCUT2D eigenvalue weighted by Crippen LogP contribution is 2.29. The van der Waals surface area contributed by atoms with Crippen LogP contribution in [0.1, 0.15) is 4.11 Å². The van der Waals surface area contributed by atoms with E-state index in [4.69, 9.17) is 8.85 Å². The van der Waals surface area contributed by atoms with Gasteiger partial charge in [0.2, 0.25) is 0 Å². The van der Waals surface area contributed by atoms with E-state index in [0.717, 1.165) is 9.86 Å². The van der Waals surface area contributed by atoms with E-state index in [0.29, 0.717) is 5.52 Å². The van der Waals surface area contributed by atoms with Crippen molar-refractivity contribution >= 4 is 26.8 Å². The molecular weight excluding hydrogens is 220 g/mol. The van der Waals surface area contributed by atoms with Crippen LogP contribution in [0.5, 0.6) is 5.75 Å². The maximum absolute atomic E-state index is 7.02. The zero-order chi connectivity index (χ0) is 11.1. The molecule has 1 heterocycles. The molecule has 0 radical (unpaired) electrons. The topological polar surface area (TPSA) is 37.9 Å². The van der Waals surface area contributed by atoms with Crippen molar-refractivity contribution in [2.24, 2.45) is 0 Å². The normalized spacial score (nSPS) is 15.2. The second-order valence-corrected chi connectivity index (χ2v) is 3.16. The van der Waals surface area contributed by atoms with Crippen molar-refractivity contribution in [3.05, 3.63) is 22.8 Å². The standard InChI is InChI=1S/C8H7BrN2O/c1-12-7-3-2-6(9)5-4-10-11-8(5)7/h2-4H,1H3,(H,10,11)/i1D3. The van der Waals surface area contributed by atoms with Crippen molar-refractivity contribution in [1.29, 1.82) is 0 Å². The van der Waals surface area contributed by atoms with Crippen molar-refractivity contribution in [3.63, 3.8) is 0 Å². The molecule has 0 atom stereocenters. The minimum absolute atomic E-state index is 0.269. The van der Waals surface area contributed by atoms with Crippen LogP contribution in [-0.4, -0.2) is 17.2 Å². The highest BCUT2D eigenvalue weighted by atomic mass is 79.9. The van der Waals surface area contributed by atoms with Gasteiger partial charge in [0.15, 0.2) is 0 Å². The molecule has 0 unspecified atom stereocenters. The first-order valence-corrected chi connectivity index (χ1v) is 4.07. The molecule has 0 spiro atoms. The van der Waals surface area contributed by atoms with Gasteiger partial charge >= 0.3 is 0 Å². The lowest BCUT2D eigenvalue weighted by Gasteiger charge is -2.00. The zero-order valence-electron chi connectivity index (χ0n) is 8.97. The quantitative estimate of drug-likeness (QED) is 0.816. The lowest BCUT2D eigenvalue weighted by atomic mass is 10.2. The van der Waals surface area contributed by atoms with Gasteiger partial charge in [-0.1, -0.05) is 15.9 Å². The molecule has 0 aliphatic carbocycles. The Morgan fingerprint density at radius 1 is 1.67 bits per heavy atom. The van der Waals surface area contributed by atoms with Crippen LogP contribution in [0.3, 0.4) is 0 Å². The number of fused-ring (bicyclic) bond motifs is 1. The Morgan fingerprint density at radius 2 is 2.58 bits per heavy atom. The number of hydrogen-bond donors (Lipinski definition) is 1. The summed E-state index contributed by atoms with van der Waals surface area (Å²) in [6.07, 6.45) is 1.60. The molecule has 0 fully saturated rings. The third-order valence-corrected chi connectivity index (χ3v) is 2.33. The van der Waals surface area contributed by atoms with Gasteiger partial charge in [-0.3, -0.25) is 5.10 Å². The van der Waals surface area contributed by atoms with Crippen LogP contribution in [0, 0.1) is 0 Å². The van der Waals surface area contributed by atoms with Crippen LogP contribution < -0.4 is 4.74 Å². The average molecular weight is 230 g/mol. The van der Waals surface area contributed by atoms with Crippen LogP contribution in [0.4, 0.5) is 0 Å². The van der Waals surface area contributed by atoms with Gasteiger partial charge in [0.25, 0.3) is 0 Å². The van der Waals surface area contributed by atoms with Crippen LogP contribution >= 0.6 is 15.9 Å². The second-order valence-electron chi connectivity index (χ2n) is 2.31. The van der Waals surface area contributed by atoms with Gasteiger partial charge in [0.05, 0.1) is 17.3 Å². The highest BCUT2D eigenvalue weighted by Gasteiger charge is 2.05. The minimum atomic E-state index is -2.45. The third-order valence-electron chi connectivity index (χ3n) is 1.63. The Balaban J connectivity index is 2.53. The molecule has 0 aliphatic heterocycles. The molecule has 62 valence electrons. The summed E-state index contributed by atoms with van der Waals surface area (Å²) in [4.78, 5) is 0. The molecule has 0 saturated heterocycles. The predicted molar refractivity (Wildman–Crippen MR) is 50.3 cm³/mol. The molecule has 0 bridgehead atoms. The first kappa shape index (κ1) is 4.87. The minimum Gasteiger partial charge on any atom is -0.494 e. The van der Waals surface area contributed by atoms with E-state index >= 15 is 0 Å². The molecule has 0 aliphatic rings. The summed E-state index contributed by atoms with van der Waals surface area (Å²) in [5.74, 6) is 0.269. The number of aromatic amines is 1. The molecule has 4 heteroatoms. The van der Waals surface area contributed by atoms with E-state index in [-0.39, 0.29) is 5.75 Å². The van der Waals surface area contributed by atoms with Crippen LogP contribution in [0.2, 0.25) is 0 Å². The van der Waals surface area contributed by atoms with Gasteiger partial charge in [0.1, 0.15) is 11.3 Å². The molecular formula is C8H7BrN2O. The zero-order valence-corrected chi connectivity index (χ0v) is 7.55. The Morgan fingerprint density at radius 3 is 3.42 bits per heavy atom. The maximum Gasteiger partial charge on any atom is 0.144 e. The van der Waals surface area contributed by atoms with Gasteiger partial charge in [-0.15, -0.1) is 0 Å². The number of H-pyrrole nitrogens is 1. The Kier molecular flexibility index (Phi) is 1.13. The number of aromatic nitrogens is 2. The molecule has 12 heavy (non-hydrogen) atoms. The summed E-state index contributed by atoms with van der Waals surface area (Å²) in [7, 11) is -2.45. The van der Waals surface area contributed by atoms with E-state index in [1.54, 1.807) is 18.3 Å². The largest absolute Gasteiger partial charge is 0.494 e. The summed E-state index contributed by atoms with van der Waals surface area (Å²) in [6, 6.07) is 3.30. The summed E-state index contributed by atoms with van der Waals surface area (Å²) in [6.45, 7) is 0. The monoisotopic (exact) mass is 229 g/mol. The summed E-state index contributed by atoms with van der Waals surface area (Å²) in [5.41, 5.74) is 0.570. The van der Waals surface area contributed by atoms with Crippen molar-refractivity contribution in [2.45, 2.75) is 0 Å². The fourth-order valence-corrected chi connectivity index (χ4v) is 1.49. The number of ether oxygens (including phenoxy) is 1. The molecule has 0 amide bonds. The average Bonchev–Trinajstić information content (AvgIpc) is 2.57. The highest BCUT2D eigenvalue weighted by molar-refractivity contribution is 9.10. The van der Waals surface area contributed by atoms with Gasteiger partial charge < -0.3 is 4.74 Å². The van der Waals surface area contributed by atoms with Crippen LogP contribution in [0.15, 0.2) is 22.8 Å². The van der Waals surface area contributed by atoms with Gasteiger partial charge in [-0.2, -0.15) is 5.10 Å². The lowest BCUT2D eigenvalue weighted by Crippen LogP contribution is -1.84. The Hall–Kier alpha value is -1.03. The van der Waals surface area contributed by atoms with E-state index in [1.807, 2.05) is 0 Å². The number of halogens is 1. The van der Waals surface area contributed by atoms with Crippen molar-refractivity contribution in [1.82, 2.24) is 10.2 Å². The van der Waals surface area contributed by atoms with E-state index in [2.05, 4.69) is 26.1 Å². The summed E-state index contributed by atoms with van der Waals surface area (Å²) < 4.78 is 26.7. The maximum atomic E-state index is 7.02. The SMILES string of the molecule is [2H]C([2H])([2H])Oc1ccc(Br)c2cn[nH]c12. The number of hydrogen-bond acceptors (Lipinski definition) is 2. The first-order valence-electron chi connectivity index (χ1n) is 4.78. The molecule has 2 rings (SSSR count). The number of nitrogens with one attached hydrogen (secondary N) is 1. The van der Waals surface area contributed by atoms with Crippen molar-refractivity contribution < 1.29 is 8.85 Å². The lowest BCUT2D eigenvalue weighted by molar-refractivity contribution is 0.418. The van der Waals surface area contributed by atoms with Gasteiger partial charge in [-0.05, 0) is 12.1 Å². The number of rotatable bonds is 1. The van der Waals surface area contributed by atoms with E-state index < -0.39 is 7.04 Å². The molecule has 2 aromatic rings. The number of benzene rings is 1. The Labute approximate surface area is 82.1 Å². The van der Waals surface area contributed by atoms with E-state index in [9.17, 15) is 0 Å². The molecule has 3 nitrogen and oxygen atoms in total. The summed E-state index contributed by atoms with van der Waals surface area (Å²) >= 11 is 3.33. The fourth-order valence-electron chi connectivity index (χ4n) is 1.06. The second kappa shape index (κ2) is 2.79. The van der Waals surface area contributed by atoms with Crippen molar-refractivity contribution in [2.75, 3.05) is 7.04 Å². The van der Waals surface area contributed by atoms with Gasteiger partial charge in [-0.25, -0.2) is 0 Å². The molecule has 0 saturated carbocycles. The number of methoxy groups -OCH3 is 1. The third kappa shape index (κ3) is 0.992. The van der Waals surface area contributed by atoms with Gasteiger partial charge in [0, 0.05) is 9.86 Å². The van der Waals surface area contributed by atoms with Crippen molar-refractivity contribution in [3.8, 4) is 5.75 Å². The molecule has 1 aromatic carbocycles. The molecule has 1 N–H and O–H groups in total. The fraction of sp³-hybridized carbons (Fsp3) is 0.125. The van der Waals surface area contributed by atoms with Crippen LogP contribution in [-0.2, 0) is 0 Å². The Bertz CT molecular complexity index is 494. The smallest absolute Gasteiger partial charge is 0.144 e. The molecule has 1 aromatic heterocycles. The van der Waals surface area contributed by atoms with E-state index in [1.165, 1.54) is 0 Å². The predicted octanol–water partition coefficient (Wildman–Crippen LogP) is 2.33. The summed E-state index contributed by atoms with van der Waals surface area (Å²) in [5, 5.41) is 7.32. The first-order chi connectivity index (χ1) is 6.97.